The number of aromatic nitrogens is 2. The van der Waals surface area contributed by atoms with Gasteiger partial charge in [-0.05, 0) is 43.8 Å². The summed E-state index contributed by atoms with van der Waals surface area (Å²) in [6, 6.07) is 5.84. The van der Waals surface area contributed by atoms with Gasteiger partial charge in [0.1, 0.15) is 0 Å². The Hall–Kier alpha value is -1.24. The van der Waals surface area contributed by atoms with Crippen LogP contribution in [0.5, 0.6) is 0 Å². The predicted molar refractivity (Wildman–Crippen MR) is 99.9 cm³/mol. The van der Waals surface area contributed by atoms with Gasteiger partial charge in [0, 0.05) is 23.7 Å². The summed E-state index contributed by atoms with van der Waals surface area (Å²) in [5.41, 5.74) is 4.19. The molecule has 1 aromatic carbocycles. The first-order valence-corrected chi connectivity index (χ1v) is 8.88. The van der Waals surface area contributed by atoms with Crippen LogP contribution in [0.15, 0.2) is 24.5 Å². The Balaban J connectivity index is 1.66. The quantitative estimate of drug-likeness (QED) is 0.542. The van der Waals surface area contributed by atoms with Crippen LogP contribution in [0.25, 0.3) is 0 Å². The largest absolute Gasteiger partial charge is 0.362 e. The van der Waals surface area contributed by atoms with Gasteiger partial charge < -0.3 is 15.6 Å². The van der Waals surface area contributed by atoms with Crippen LogP contribution in [0.3, 0.4) is 0 Å². The Kier molecular flexibility index (Phi) is 6.54. The Bertz CT molecular complexity index is 642. The molecule has 0 atom stereocenters. The smallest absolute Gasteiger partial charge is 0.170 e. The zero-order valence-corrected chi connectivity index (χ0v) is 15.0. The standard InChI is InChI=1S/C15H19ClN4S2/c1-10-3-4-13(12(16)7-10)20-15(21)17-5-6-22-8-14-11(2)18-9-19-14/h3-4,7,9H,5-6,8H2,1-2H3,(H,18,19)(H2,17,20,21). The predicted octanol–water partition coefficient (Wildman–Crippen LogP) is 3.90. The van der Waals surface area contributed by atoms with Crippen molar-refractivity contribution in [3.8, 4) is 0 Å². The fraction of sp³-hybridized carbons (Fsp3) is 0.333. The van der Waals surface area contributed by atoms with E-state index in [2.05, 4.69) is 20.6 Å². The van der Waals surface area contributed by atoms with E-state index in [1.807, 2.05) is 43.8 Å². The normalized spacial score (nSPS) is 10.5. The van der Waals surface area contributed by atoms with E-state index in [9.17, 15) is 0 Å². The maximum Gasteiger partial charge on any atom is 0.170 e. The molecule has 0 saturated heterocycles. The number of nitrogens with one attached hydrogen (secondary N) is 3. The molecule has 4 nitrogen and oxygen atoms in total. The van der Waals surface area contributed by atoms with E-state index < -0.39 is 0 Å². The number of thioether (sulfide) groups is 1. The topological polar surface area (TPSA) is 52.7 Å². The van der Waals surface area contributed by atoms with E-state index in [-0.39, 0.29) is 0 Å². The lowest BCUT2D eigenvalue weighted by molar-refractivity contribution is 0.989. The van der Waals surface area contributed by atoms with Crippen LogP contribution >= 0.6 is 35.6 Å². The summed E-state index contributed by atoms with van der Waals surface area (Å²) in [6.07, 6.45) is 1.73. The van der Waals surface area contributed by atoms with Gasteiger partial charge >= 0.3 is 0 Å². The summed E-state index contributed by atoms with van der Waals surface area (Å²) in [6.45, 7) is 4.83. The molecule has 0 bridgehead atoms. The van der Waals surface area contributed by atoms with Crippen LogP contribution in [0, 0.1) is 13.8 Å². The van der Waals surface area contributed by atoms with Crippen molar-refractivity contribution in [3.05, 3.63) is 46.5 Å². The van der Waals surface area contributed by atoms with Gasteiger partial charge in [-0.2, -0.15) is 11.8 Å². The lowest BCUT2D eigenvalue weighted by Crippen LogP contribution is -2.30. The Morgan fingerprint density at radius 2 is 2.23 bits per heavy atom. The van der Waals surface area contributed by atoms with Crippen molar-refractivity contribution in [1.82, 2.24) is 15.3 Å². The molecule has 118 valence electrons. The molecule has 1 aromatic heterocycles. The highest BCUT2D eigenvalue weighted by atomic mass is 35.5. The van der Waals surface area contributed by atoms with Crippen molar-refractivity contribution < 1.29 is 0 Å². The molecule has 0 aliphatic carbocycles. The molecule has 2 aromatic rings. The third-order valence-electron chi connectivity index (χ3n) is 3.08. The average molecular weight is 355 g/mol. The summed E-state index contributed by atoms with van der Waals surface area (Å²) in [7, 11) is 0. The Labute approximate surface area is 145 Å². The first-order valence-electron chi connectivity index (χ1n) is 6.94. The van der Waals surface area contributed by atoms with Crippen LogP contribution in [0.2, 0.25) is 5.02 Å². The number of thiocarbonyl (C=S) groups is 1. The van der Waals surface area contributed by atoms with E-state index in [1.165, 1.54) is 0 Å². The second kappa shape index (κ2) is 8.41. The molecule has 22 heavy (non-hydrogen) atoms. The van der Waals surface area contributed by atoms with E-state index >= 15 is 0 Å². The molecule has 0 radical (unpaired) electrons. The van der Waals surface area contributed by atoms with Gasteiger partial charge in [-0.15, -0.1) is 0 Å². The van der Waals surface area contributed by atoms with E-state index in [1.54, 1.807) is 6.33 Å². The molecular formula is C15H19ClN4S2. The summed E-state index contributed by atoms with van der Waals surface area (Å²) >= 11 is 13.3. The number of aryl methyl sites for hydroxylation is 2. The third kappa shape index (κ3) is 5.19. The number of H-pyrrole nitrogens is 1. The first kappa shape index (κ1) is 17.1. The van der Waals surface area contributed by atoms with Crippen molar-refractivity contribution in [1.29, 1.82) is 0 Å². The van der Waals surface area contributed by atoms with E-state index in [4.69, 9.17) is 23.8 Å². The molecular weight excluding hydrogens is 336 g/mol. The van der Waals surface area contributed by atoms with Gasteiger partial charge in [0.2, 0.25) is 0 Å². The van der Waals surface area contributed by atoms with Crippen LogP contribution in [0.4, 0.5) is 5.69 Å². The highest BCUT2D eigenvalue weighted by molar-refractivity contribution is 7.98. The minimum atomic E-state index is 0.585. The molecule has 0 aliphatic rings. The summed E-state index contributed by atoms with van der Waals surface area (Å²) < 4.78 is 0. The highest BCUT2D eigenvalue weighted by Gasteiger charge is 2.03. The number of aromatic amines is 1. The number of benzene rings is 1. The first-order chi connectivity index (χ1) is 10.6. The molecule has 0 unspecified atom stereocenters. The zero-order chi connectivity index (χ0) is 15.9. The van der Waals surface area contributed by atoms with Crippen molar-refractivity contribution >= 4 is 46.4 Å². The second-order valence-corrected chi connectivity index (χ2v) is 6.81. The number of hydrogen-bond acceptors (Lipinski definition) is 3. The second-order valence-electron chi connectivity index (χ2n) is 4.89. The van der Waals surface area contributed by atoms with Gasteiger partial charge in [-0.25, -0.2) is 4.98 Å². The molecule has 0 saturated carbocycles. The Morgan fingerprint density at radius 3 is 2.91 bits per heavy atom. The van der Waals surface area contributed by atoms with Crippen LogP contribution < -0.4 is 10.6 Å². The average Bonchev–Trinajstić information content (AvgIpc) is 2.87. The number of anilines is 1. The van der Waals surface area contributed by atoms with Gasteiger partial charge in [-0.3, -0.25) is 0 Å². The Morgan fingerprint density at radius 1 is 1.41 bits per heavy atom. The van der Waals surface area contributed by atoms with E-state index in [0.29, 0.717) is 10.1 Å². The highest BCUT2D eigenvalue weighted by Crippen LogP contribution is 2.22. The van der Waals surface area contributed by atoms with Crippen molar-refractivity contribution in [2.45, 2.75) is 19.6 Å². The number of halogens is 1. The van der Waals surface area contributed by atoms with Crippen LogP contribution in [-0.4, -0.2) is 27.4 Å². The summed E-state index contributed by atoms with van der Waals surface area (Å²) in [4.78, 5) is 7.35. The monoisotopic (exact) mass is 354 g/mol. The fourth-order valence-electron chi connectivity index (χ4n) is 1.83. The molecule has 7 heteroatoms. The maximum absolute atomic E-state index is 6.17. The molecule has 1 heterocycles. The summed E-state index contributed by atoms with van der Waals surface area (Å²) in [5, 5.41) is 7.55. The minimum absolute atomic E-state index is 0.585. The minimum Gasteiger partial charge on any atom is -0.362 e. The van der Waals surface area contributed by atoms with Gasteiger partial charge in [0.25, 0.3) is 0 Å². The van der Waals surface area contributed by atoms with Crippen LogP contribution in [0.1, 0.15) is 17.0 Å². The zero-order valence-electron chi connectivity index (χ0n) is 12.6. The third-order valence-corrected chi connectivity index (χ3v) is 4.61. The molecule has 0 aliphatic heterocycles. The molecule has 3 N–H and O–H groups in total. The maximum atomic E-state index is 6.17. The molecule has 2 rings (SSSR count). The lowest BCUT2D eigenvalue weighted by atomic mass is 10.2. The number of nitrogens with zero attached hydrogens (tertiary/aromatic N) is 1. The number of rotatable bonds is 6. The number of hydrogen-bond donors (Lipinski definition) is 3. The molecule has 0 fully saturated rings. The van der Waals surface area contributed by atoms with Gasteiger partial charge in [0.15, 0.2) is 5.11 Å². The van der Waals surface area contributed by atoms with Crippen LogP contribution in [-0.2, 0) is 5.75 Å². The van der Waals surface area contributed by atoms with Gasteiger partial charge in [0.05, 0.1) is 22.7 Å². The van der Waals surface area contributed by atoms with Crippen molar-refractivity contribution in [3.63, 3.8) is 0 Å². The van der Waals surface area contributed by atoms with Crippen molar-refractivity contribution in [2.24, 2.45) is 0 Å². The summed E-state index contributed by atoms with van der Waals surface area (Å²) in [5.74, 6) is 1.86. The molecule has 0 spiro atoms. The number of imidazole rings is 1. The fourth-order valence-corrected chi connectivity index (χ4v) is 3.20. The lowest BCUT2D eigenvalue weighted by Gasteiger charge is -2.12. The molecule has 0 amide bonds. The SMILES string of the molecule is Cc1ccc(NC(=S)NCCSCc2nc[nH]c2C)c(Cl)c1. The van der Waals surface area contributed by atoms with E-state index in [0.717, 1.165) is 40.7 Å². The van der Waals surface area contributed by atoms with Gasteiger partial charge in [-0.1, -0.05) is 17.7 Å². The van der Waals surface area contributed by atoms with Crippen molar-refractivity contribution in [2.75, 3.05) is 17.6 Å².